The van der Waals surface area contributed by atoms with Crippen LogP contribution < -0.4 is 0 Å². The summed E-state index contributed by atoms with van der Waals surface area (Å²) in [5, 5.41) is 0. The van der Waals surface area contributed by atoms with Crippen molar-refractivity contribution in [1.29, 1.82) is 0 Å². The van der Waals surface area contributed by atoms with E-state index in [4.69, 9.17) is 4.74 Å². The van der Waals surface area contributed by atoms with Gasteiger partial charge < -0.3 is 4.74 Å². The van der Waals surface area contributed by atoms with Crippen LogP contribution in [0.15, 0.2) is 11.1 Å². The third-order valence-electron chi connectivity index (χ3n) is 3.87. The zero-order valence-electron chi connectivity index (χ0n) is 8.97. The van der Waals surface area contributed by atoms with Crippen molar-refractivity contribution in [2.75, 3.05) is 0 Å². The first-order valence-electron chi connectivity index (χ1n) is 5.53. The van der Waals surface area contributed by atoms with Crippen molar-refractivity contribution in [1.82, 2.24) is 0 Å². The van der Waals surface area contributed by atoms with E-state index in [1.807, 2.05) is 0 Å². The van der Waals surface area contributed by atoms with Gasteiger partial charge in [-0.15, -0.1) is 0 Å². The van der Waals surface area contributed by atoms with Crippen LogP contribution >= 0.6 is 0 Å². The zero-order valence-corrected chi connectivity index (χ0v) is 8.97. The molecule has 1 heteroatoms. The maximum absolute atomic E-state index is 6.02. The van der Waals surface area contributed by atoms with Gasteiger partial charge in [-0.25, -0.2) is 0 Å². The van der Waals surface area contributed by atoms with Crippen molar-refractivity contribution in [3.63, 3.8) is 0 Å². The summed E-state index contributed by atoms with van der Waals surface area (Å²) in [4.78, 5) is 0. The van der Waals surface area contributed by atoms with E-state index in [0.29, 0.717) is 12.2 Å². The second-order valence-corrected chi connectivity index (χ2v) is 4.57. The summed E-state index contributed by atoms with van der Waals surface area (Å²) in [5.41, 5.74) is 3.09. The SMILES string of the molecule is CC1=C(C)C2CCCCC2OC1C. The first-order valence-corrected chi connectivity index (χ1v) is 5.53. The molecule has 1 nitrogen and oxygen atoms in total. The topological polar surface area (TPSA) is 9.23 Å². The molecule has 0 N–H and O–H groups in total. The average Bonchev–Trinajstić information content (AvgIpc) is 2.15. The number of rotatable bonds is 0. The molecule has 0 amide bonds. The quantitative estimate of drug-likeness (QED) is 0.520. The van der Waals surface area contributed by atoms with Gasteiger partial charge in [-0.1, -0.05) is 18.4 Å². The molecule has 2 aliphatic rings. The lowest BCUT2D eigenvalue weighted by atomic mass is 9.78. The zero-order chi connectivity index (χ0) is 9.42. The molecule has 1 aliphatic heterocycles. The standard InChI is InChI=1S/C12H20O/c1-8-9(2)11-6-4-5-7-12(11)13-10(8)3/h10-12H,4-7H2,1-3H3. The van der Waals surface area contributed by atoms with Gasteiger partial charge in [0.25, 0.3) is 0 Å². The largest absolute Gasteiger partial charge is 0.370 e. The van der Waals surface area contributed by atoms with Crippen LogP contribution in [0.25, 0.3) is 0 Å². The highest BCUT2D eigenvalue weighted by atomic mass is 16.5. The Balaban J connectivity index is 2.23. The predicted molar refractivity (Wildman–Crippen MR) is 54.7 cm³/mol. The molecular formula is C12H20O. The van der Waals surface area contributed by atoms with Crippen LogP contribution in [0, 0.1) is 5.92 Å². The Bertz CT molecular complexity index is 229. The Kier molecular flexibility index (Phi) is 2.46. The minimum absolute atomic E-state index is 0.361. The highest BCUT2D eigenvalue weighted by Crippen LogP contribution is 2.38. The fourth-order valence-electron chi connectivity index (χ4n) is 2.73. The van der Waals surface area contributed by atoms with Gasteiger partial charge in [0.1, 0.15) is 0 Å². The van der Waals surface area contributed by atoms with Gasteiger partial charge in [-0.3, -0.25) is 0 Å². The summed E-state index contributed by atoms with van der Waals surface area (Å²) in [7, 11) is 0. The van der Waals surface area contributed by atoms with E-state index in [1.54, 1.807) is 5.57 Å². The molecule has 1 saturated carbocycles. The molecule has 3 unspecified atom stereocenters. The molecule has 0 bridgehead atoms. The lowest BCUT2D eigenvalue weighted by molar-refractivity contribution is -0.0425. The first kappa shape index (κ1) is 9.26. The summed E-state index contributed by atoms with van der Waals surface area (Å²) < 4.78 is 6.02. The number of ether oxygens (including phenoxy) is 1. The molecule has 2 rings (SSSR count). The first-order chi connectivity index (χ1) is 6.20. The highest BCUT2D eigenvalue weighted by Gasteiger charge is 2.33. The van der Waals surface area contributed by atoms with Crippen molar-refractivity contribution >= 4 is 0 Å². The van der Waals surface area contributed by atoms with Crippen LogP contribution in [0.5, 0.6) is 0 Å². The lowest BCUT2D eigenvalue weighted by Gasteiger charge is -2.40. The molecule has 1 heterocycles. The van der Waals surface area contributed by atoms with Gasteiger partial charge in [0.2, 0.25) is 0 Å². The number of hydrogen-bond acceptors (Lipinski definition) is 1. The second-order valence-electron chi connectivity index (χ2n) is 4.57. The molecule has 1 fully saturated rings. The van der Waals surface area contributed by atoms with Crippen LogP contribution in [-0.4, -0.2) is 12.2 Å². The Morgan fingerprint density at radius 2 is 1.77 bits per heavy atom. The van der Waals surface area contributed by atoms with Crippen LogP contribution in [0.2, 0.25) is 0 Å². The molecule has 0 radical (unpaired) electrons. The Labute approximate surface area is 81.2 Å². The second kappa shape index (κ2) is 3.45. The highest BCUT2D eigenvalue weighted by molar-refractivity contribution is 5.21. The van der Waals surface area contributed by atoms with Crippen LogP contribution in [0.1, 0.15) is 46.5 Å². The van der Waals surface area contributed by atoms with Gasteiger partial charge in [-0.05, 0) is 39.2 Å². The third kappa shape index (κ3) is 1.54. The molecule has 1 aliphatic carbocycles. The van der Waals surface area contributed by atoms with Crippen molar-refractivity contribution in [3.05, 3.63) is 11.1 Å². The van der Waals surface area contributed by atoms with E-state index < -0.39 is 0 Å². The van der Waals surface area contributed by atoms with E-state index in [-0.39, 0.29) is 0 Å². The Morgan fingerprint density at radius 1 is 1.08 bits per heavy atom. The van der Waals surface area contributed by atoms with Gasteiger partial charge in [-0.2, -0.15) is 0 Å². The Morgan fingerprint density at radius 3 is 2.54 bits per heavy atom. The van der Waals surface area contributed by atoms with Crippen molar-refractivity contribution in [3.8, 4) is 0 Å². The van der Waals surface area contributed by atoms with Gasteiger partial charge in [0.15, 0.2) is 0 Å². The summed E-state index contributed by atoms with van der Waals surface area (Å²) in [6.07, 6.45) is 6.27. The summed E-state index contributed by atoms with van der Waals surface area (Å²) in [5.74, 6) is 0.741. The third-order valence-corrected chi connectivity index (χ3v) is 3.87. The fourth-order valence-corrected chi connectivity index (χ4v) is 2.73. The molecule has 74 valence electrons. The lowest BCUT2D eigenvalue weighted by Crippen LogP contribution is -2.37. The van der Waals surface area contributed by atoms with Gasteiger partial charge in [0, 0.05) is 5.92 Å². The Hall–Kier alpha value is -0.300. The monoisotopic (exact) mass is 180 g/mol. The minimum atomic E-state index is 0.361. The maximum Gasteiger partial charge on any atom is 0.0760 e. The molecule has 0 spiro atoms. The number of fused-ring (bicyclic) bond motifs is 1. The summed E-state index contributed by atoms with van der Waals surface area (Å²) in [6.45, 7) is 6.71. The van der Waals surface area contributed by atoms with Crippen LogP contribution in [-0.2, 0) is 4.74 Å². The molecule has 0 aromatic rings. The summed E-state index contributed by atoms with van der Waals surface area (Å²) in [6, 6.07) is 0. The molecule has 0 saturated heterocycles. The molecular weight excluding hydrogens is 160 g/mol. The van der Waals surface area contributed by atoms with Crippen molar-refractivity contribution in [2.45, 2.75) is 58.7 Å². The molecule has 3 atom stereocenters. The van der Waals surface area contributed by atoms with E-state index in [1.165, 1.54) is 31.3 Å². The van der Waals surface area contributed by atoms with E-state index in [0.717, 1.165) is 5.92 Å². The van der Waals surface area contributed by atoms with E-state index in [9.17, 15) is 0 Å². The number of hydrogen-bond donors (Lipinski definition) is 0. The van der Waals surface area contributed by atoms with Gasteiger partial charge >= 0.3 is 0 Å². The molecule has 13 heavy (non-hydrogen) atoms. The fraction of sp³-hybridized carbons (Fsp3) is 0.833. The van der Waals surface area contributed by atoms with Crippen LogP contribution in [0.3, 0.4) is 0 Å². The maximum atomic E-state index is 6.02. The summed E-state index contributed by atoms with van der Waals surface area (Å²) >= 11 is 0. The van der Waals surface area contributed by atoms with Crippen molar-refractivity contribution in [2.24, 2.45) is 5.92 Å². The minimum Gasteiger partial charge on any atom is -0.370 e. The van der Waals surface area contributed by atoms with E-state index in [2.05, 4.69) is 20.8 Å². The van der Waals surface area contributed by atoms with E-state index >= 15 is 0 Å². The molecule has 0 aromatic carbocycles. The van der Waals surface area contributed by atoms with Crippen LogP contribution in [0.4, 0.5) is 0 Å². The normalized spacial score (nSPS) is 40.4. The predicted octanol–water partition coefficient (Wildman–Crippen LogP) is 3.30. The average molecular weight is 180 g/mol. The smallest absolute Gasteiger partial charge is 0.0760 e. The molecule has 0 aromatic heterocycles. The van der Waals surface area contributed by atoms with Crippen molar-refractivity contribution < 1.29 is 4.74 Å². The van der Waals surface area contributed by atoms with Gasteiger partial charge in [0.05, 0.1) is 12.2 Å².